The molecule has 1 amide bonds. The standard InChI is InChI=1S/C42H79NO10/c1-3-5-7-9-11-13-14-15-16-17-18-19-20-21-22-24-26-28-30-35(46)41(51)43-33(32-52-42-40(50)39(49)38(48)36(31-44)53-42)37(47)34(45)29-27-25-23-12-10-8-6-4-2/h4,6,12,23,33-40,42,44-50H,3,5,7-11,13-22,24-32H2,1-2H3,(H,43,51)/b6-4+,23-12+. The minimum absolute atomic E-state index is 0.245. The van der Waals surface area contributed by atoms with Crippen molar-refractivity contribution < 1.29 is 50.0 Å². The molecule has 1 heterocycles. The molecule has 9 unspecified atom stereocenters. The number of unbranched alkanes of at least 4 members (excludes halogenated alkanes) is 19. The van der Waals surface area contributed by atoms with Crippen molar-refractivity contribution in [2.45, 2.75) is 223 Å². The first-order valence-corrected chi connectivity index (χ1v) is 21.2. The van der Waals surface area contributed by atoms with Gasteiger partial charge in [-0.1, -0.05) is 147 Å². The molecule has 1 fully saturated rings. The molecule has 8 N–H and O–H groups in total. The van der Waals surface area contributed by atoms with Crippen LogP contribution in [0.3, 0.4) is 0 Å². The number of aliphatic hydroxyl groups is 7. The molecule has 11 heteroatoms. The fourth-order valence-electron chi connectivity index (χ4n) is 6.76. The number of aliphatic hydroxyl groups excluding tert-OH is 7. The predicted octanol–water partition coefficient (Wildman–Crippen LogP) is 5.89. The number of ether oxygens (including phenoxy) is 2. The smallest absolute Gasteiger partial charge is 0.249 e. The van der Waals surface area contributed by atoms with Crippen LogP contribution < -0.4 is 5.32 Å². The first-order chi connectivity index (χ1) is 25.7. The summed E-state index contributed by atoms with van der Waals surface area (Å²) in [4.78, 5) is 13.0. The van der Waals surface area contributed by atoms with Crippen molar-refractivity contribution in [3.63, 3.8) is 0 Å². The summed E-state index contributed by atoms with van der Waals surface area (Å²) < 4.78 is 11.0. The number of amides is 1. The maximum Gasteiger partial charge on any atom is 0.249 e. The fraction of sp³-hybridized carbons (Fsp3) is 0.881. The second kappa shape index (κ2) is 32.8. The topological polar surface area (TPSA) is 189 Å². The van der Waals surface area contributed by atoms with Crippen LogP contribution in [0, 0.1) is 0 Å². The molecule has 0 aromatic heterocycles. The number of allylic oxidation sites excluding steroid dienone is 4. The van der Waals surface area contributed by atoms with E-state index in [1.165, 1.54) is 89.9 Å². The van der Waals surface area contributed by atoms with Crippen molar-refractivity contribution >= 4 is 5.91 Å². The van der Waals surface area contributed by atoms with Crippen LogP contribution in [0.1, 0.15) is 168 Å². The van der Waals surface area contributed by atoms with Gasteiger partial charge in [0.15, 0.2) is 6.29 Å². The normalized spacial score (nSPS) is 23.1. The molecule has 0 radical (unpaired) electrons. The van der Waals surface area contributed by atoms with E-state index in [1.54, 1.807) is 0 Å². The van der Waals surface area contributed by atoms with Crippen molar-refractivity contribution in [3.8, 4) is 0 Å². The first-order valence-electron chi connectivity index (χ1n) is 21.2. The van der Waals surface area contributed by atoms with E-state index in [2.05, 4.69) is 24.4 Å². The quantitative estimate of drug-likeness (QED) is 0.0291. The Morgan fingerprint density at radius 3 is 1.72 bits per heavy atom. The summed E-state index contributed by atoms with van der Waals surface area (Å²) in [5.74, 6) is -0.713. The van der Waals surface area contributed by atoms with Gasteiger partial charge in [0.2, 0.25) is 5.91 Å². The Morgan fingerprint density at radius 2 is 1.19 bits per heavy atom. The molecule has 0 spiro atoms. The van der Waals surface area contributed by atoms with E-state index in [4.69, 9.17) is 9.47 Å². The molecule has 1 saturated heterocycles. The lowest BCUT2D eigenvalue weighted by atomic mass is 9.98. The van der Waals surface area contributed by atoms with Gasteiger partial charge in [0, 0.05) is 0 Å². The van der Waals surface area contributed by atoms with Crippen LogP contribution in [-0.2, 0) is 14.3 Å². The minimum Gasteiger partial charge on any atom is -0.394 e. The average Bonchev–Trinajstić information content (AvgIpc) is 3.16. The Balaban J connectivity index is 2.43. The Labute approximate surface area is 321 Å². The molecule has 1 aliphatic rings. The monoisotopic (exact) mass is 758 g/mol. The van der Waals surface area contributed by atoms with Gasteiger partial charge in [0.1, 0.15) is 36.6 Å². The van der Waals surface area contributed by atoms with Gasteiger partial charge >= 0.3 is 0 Å². The molecule has 0 saturated carbocycles. The van der Waals surface area contributed by atoms with Crippen molar-refractivity contribution in [3.05, 3.63) is 24.3 Å². The summed E-state index contributed by atoms with van der Waals surface area (Å²) in [6.07, 6.45) is 22.8. The van der Waals surface area contributed by atoms with Crippen LogP contribution in [0.2, 0.25) is 0 Å². The maximum atomic E-state index is 13.0. The van der Waals surface area contributed by atoms with E-state index in [-0.39, 0.29) is 12.8 Å². The molecule has 0 aliphatic carbocycles. The number of nitrogens with one attached hydrogen (secondary N) is 1. The van der Waals surface area contributed by atoms with Crippen molar-refractivity contribution in [1.29, 1.82) is 0 Å². The van der Waals surface area contributed by atoms with Gasteiger partial charge < -0.3 is 50.5 Å². The van der Waals surface area contributed by atoms with Crippen molar-refractivity contribution in [1.82, 2.24) is 5.32 Å². The highest BCUT2D eigenvalue weighted by Crippen LogP contribution is 2.23. The van der Waals surface area contributed by atoms with Crippen LogP contribution in [-0.4, -0.2) is 110 Å². The molecular formula is C42H79NO10. The van der Waals surface area contributed by atoms with E-state index in [9.17, 15) is 40.5 Å². The SMILES string of the molecule is C/C=C/CC/C=C/CCCC(O)C(O)C(COC1OC(CO)C(O)C(O)C1O)NC(=O)C(O)CCCCCCCCCCCCCCCCCCCC. The molecule has 9 atom stereocenters. The Kier molecular flexibility index (Phi) is 30.7. The van der Waals surface area contributed by atoms with Gasteiger partial charge in [-0.2, -0.15) is 0 Å². The lowest BCUT2D eigenvalue weighted by Gasteiger charge is -2.40. The van der Waals surface area contributed by atoms with Crippen molar-refractivity contribution in [2.24, 2.45) is 0 Å². The predicted molar refractivity (Wildman–Crippen MR) is 210 cm³/mol. The number of carbonyl (C=O) groups excluding carboxylic acids is 1. The van der Waals surface area contributed by atoms with Gasteiger partial charge in [0.05, 0.1) is 25.4 Å². The van der Waals surface area contributed by atoms with E-state index in [1.807, 2.05) is 19.1 Å². The van der Waals surface area contributed by atoms with Crippen molar-refractivity contribution in [2.75, 3.05) is 13.2 Å². The third-order valence-corrected chi connectivity index (χ3v) is 10.3. The summed E-state index contributed by atoms with van der Waals surface area (Å²) in [6.45, 7) is 3.16. The summed E-state index contributed by atoms with van der Waals surface area (Å²) >= 11 is 0. The maximum absolute atomic E-state index is 13.0. The summed E-state index contributed by atoms with van der Waals surface area (Å²) in [5, 5.41) is 75.1. The Bertz CT molecular complexity index is 918. The van der Waals surface area contributed by atoms with Gasteiger partial charge in [-0.3, -0.25) is 4.79 Å². The van der Waals surface area contributed by atoms with Crippen LogP contribution in [0.15, 0.2) is 24.3 Å². The minimum atomic E-state index is -1.67. The summed E-state index contributed by atoms with van der Waals surface area (Å²) in [7, 11) is 0. The zero-order chi connectivity index (χ0) is 39.1. The van der Waals surface area contributed by atoms with E-state index < -0.39 is 74.2 Å². The molecule has 53 heavy (non-hydrogen) atoms. The zero-order valence-electron chi connectivity index (χ0n) is 33.2. The summed E-state index contributed by atoms with van der Waals surface area (Å²) in [5.41, 5.74) is 0. The van der Waals surface area contributed by atoms with Gasteiger partial charge in [0.25, 0.3) is 0 Å². The fourth-order valence-corrected chi connectivity index (χ4v) is 6.76. The highest BCUT2D eigenvalue weighted by atomic mass is 16.7. The largest absolute Gasteiger partial charge is 0.394 e. The van der Waals surface area contributed by atoms with Gasteiger partial charge in [-0.15, -0.1) is 0 Å². The molecule has 0 aromatic rings. The van der Waals surface area contributed by atoms with Crippen LogP contribution in [0.25, 0.3) is 0 Å². The first kappa shape index (κ1) is 49.6. The molecule has 1 rings (SSSR count). The molecule has 11 nitrogen and oxygen atoms in total. The third kappa shape index (κ3) is 23.3. The molecule has 0 aromatic carbocycles. The lowest BCUT2D eigenvalue weighted by molar-refractivity contribution is -0.303. The Morgan fingerprint density at radius 1 is 0.679 bits per heavy atom. The third-order valence-electron chi connectivity index (χ3n) is 10.3. The zero-order valence-corrected chi connectivity index (χ0v) is 33.2. The van der Waals surface area contributed by atoms with E-state index >= 15 is 0 Å². The molecular weight excluding hydrogens is 678 g/mol. The highest BCUT2D eigenvalue weighted by Gasteiger charge is 2.44. The lowest BCUT2D eigenvalue weighted by Crippen LogP contribution is -2.60. The molecule has 0 bridgehead atoms. The number of rotatable bonds is 34. The Hall–Kier alpha value is -1.41. The highest BCUT2D eigenvalue weighted by molar-refractivity contribution is 5.80. The van der Waals surface area contributed by atoms with E-state index in [0.29, 0.717) is 19.3 Å². The number of carbonyl (C=O) groups is 1. The molecule has 1 aliphatic heterocycles. The summed E-state index contributed by atoms with van der Waals surface area (Å²) in [6, 6.07) is -1.18. The molecule has 312 valence electrons. The average molecular weight is 758 g/mol. The second-order valence-electron chi connectivity index (χ2n) is 15.1. The number of hydrogen-bond donors (Lipinski definition) is 8. The van der Waals surface area contributed by atoms with Crippen LogP contribution in [0.4, 0.5) is 0 Å². The van der Waals surface area contributed by atoms with Crippen LogP contribution in [0.5, 0.6) is 0 Å². The number of hydrogen-bond acceptors (Lipinski definition) is 10. The van der Waals surface area contributed by atoms with Gasteiger partial charge in [-0.25, -0.2) is 0 Å². The van der Waals surface area contributed by atoms with E-state index in [0.717, 1.165) is 32.1 Å². The van der Waals surface area contributed by atoms with Crippen LogP contribution >= 0.6 is 0 Å². The van der Waals surface area contributed by atoms with Gasteiger partial charge in [-0.05, 0) is 45.4 Å². The second-order valence-corrected chi connectivity index (χ2v) is 15.1.